The van der Waals surface area contributed by atoms with Gasteiger partial charge in [-0.25, -0.2) is 4.98 Å². The van der Waals surface area contributed by atoms with E-state index in [0.717, 1.165) is 51.5 Å². The molecular formula is C18H16BrN5O. The van der Waals surface area contributed by atoms with E-state index in [1.807, 2.05) is 18.2 Å². The van der Waals surface area contributed by atoms with Gasteiger partial charge in [0.15, 0.2) is 5.65 Å². The number of allylic oxidation sites excluding steroid dienone is 4. The molecule has 0 aromatic carbocycles. The lowest BCUT2D eigenvalue weighted by molar-refractivity contribution is 0.279. The maximum atomic E-state index is 5.56. The highest BCUT2D eigenvalue weighted by Crippen LogP contribution is 2.31. The highest BCUT2D eigenvalue weighted by molar-refractivity contribution is 9.10. The minimum Gasteiger partial charge on any atom is -0.500 e. The summed E-state index contributed by atoms with van der Waals surface area (Å²) in [7, 11) is 1.70. The Labute approximate surface area is 153 Å². The van der Waals surface area contributed by atoms with Crippen LogP contribution in [0.2, 0.25) is 0 Å². The number of pyridine rings is 1. The van der Waals surface area contributed by atoms with Gasteiger partial charge in [0.25, 0.3) is 0 Å². The highest BCUT2D eigenvalue weighted by Gasteiger charge is 2.17. The Morgan fingerprint density at radius 2 is 2.24 bits per heavy atom. The predicted molar refractivity (Wildman–Crippen MR) is 101 cm³/mol. The van der Waals surface area contributed by atoms with Gasteiger partial charge in [0, 0.05) is 24.3 Å². The van der Waals surface area contributed by atoms with E-state index in [4.69, 9.17) is 9.72 Å². The molecule has 1 aliphatic carbocycles. The van der Waals surface area contributed by atoms with Gasteiger partial charge in [0.1, 0.15) is 11.6 Å². The Kier molecular flexibility index (Phi) is 4.23. The van der Waals surface area contributed by atoms with Gasteiger partial charge in [-0.05, 0) is 34.5 Å². The number of aromatic nitrogens is 4. The molecule has 4 rings (SSSR count). The summed E-state index contributed by atoms with van der Waals surface area (Å²) in [6.07, 6.45) is 11.3. The Bertz CT molecular complexity index is 978. The van der Waals surface area contributed by atoms with Gasteiger partial charge in [-0.15, -0.1) is 0 Å². The average Bonchev–Trinajstić information content (AvgIpc) is 3.04. The van der Waals surface area contributed by atoms with Crippen molar-refractivity contribution < 1.29 is 4.74 Å². The molecule has 7 heteroatoms. The summed E-state index contributed by atoms with van der Waals surface area (Å²) in [5.41, 5.74) is 3.46. The second-order valence-electron chi connectivity index (χ2n) is 5.60. The van der Waals surface area contributed by atoms with E-state index in [0.29, 0.717) is 0 Å². The number of ether oxygens (including phenoxy) is 1. The Hall–Kier alpha value is -2.67. The quantitative estimate of drug-likeness (QED) is 0.709. The molecule has 0 unspecified atom stereocenters. The number of nitrogens with zero attached hydrogens (tertiary/aromatic N) is 4. The van der Waals surface area contributed by atoms with Crippen LogP contribution >= 0.6 is 15.9 Å². The molecule has 0 aliphatic heterocycles. The number of rotatable bonds is 4. The third kappa shape index (κ3) is 3.02. The van der Waals surface area contributed by atoms with E-state index in [2.05, 4.69) is 43.5 Å². The van der Waals surface area contributed by atoms with E-state index in [1.54, 1.807) is 30.2 Å². The second kappa shape index (κ2) is 6.68. The third-order valence-electron chi connectivity index (χ3n) is 4.01. The fraction of sp³-hybridized carbons (Fsp3) is 0.167. The Morgan fingerprint density at radius 3 is 3.04 bits per heavy atom. The first kappa shape index (κ1) is 15.8. The van der Waals surface area contributed by atoms with Crippen LogP contribution in [0.4, 0.5) is 11.5 Å². The predicted octanol–water partition coefficient (Wildman–Crippen LogP) is 4.34. The molecule has 1 N–H and O–H groups in total. The largest absolute Gasteiger partial charge is 0.500 e. The van der Waals surface area contributed by atoms with Crippen LogP contribution in [0.25, 0.3) is 11.2 Å². The minimum atomic E-state index is 0.741. The normalized spacial score (nSPS) is 14.2. The molecule has 0 atom stereocenters. The number of fused-ring (bicyclic) bond motifs is 1. The highest BCUT2D eigenvalue weighted by atomic mass is 79.9. The summed E-state index contributed by atoms with van der Waals surface area (Å²) in [5, 5.41) is 7.76. The number of nitrogens with one attached hydrogen (secondary N) is 1. The zero-order valence-electron chi connectivity index (χ0n) is 13.6. The standard InChI is InChI=1S/C18H16BrN5O/c1-25-16-7-3-2-6-13(16)15-9-17(22-12-5-4-8-20-10-12)24-18(23-15)14(19)11-21-24/h2,4-6,8-11,22H,3,7H2,1H3. The van der Waals surface area contributed by atoms with Gasteiger partial charge in [-0.2, -0.15) is 9.61 Å². The molecule has 0 bridgehead atoms. The summed E-state index contributed by atoms with van der Waals surface area (Å²) >= 11 is 3.53. The van der Waals surface area contributed by atoms with Gasteiger partial charge in [0.2, 0.25) is 0 Å². The van der Waals surface area contributed by atoms with Crippen molar-refractivity contribution in [2.24, 2.45) is 0 Å². The molecule has 1 aliphatic rings. The zero-order valence-corrected chi connectivity index (χ0v) is 15.2. The molecule has 0 saturated carbocycles. The monoisotopic (exact) mass is 397 g/mol. The Morgan fingerprint density at radius 1 is 1.32 bits per heavy atom. The third-order valence-corrected chi connectivity index (χ3v) is 4.57. The van der Waals surface area contributed by atoms with Gasteiger partial charge >= 0.3 is 0 Å². The molecule has 3 aromatic rings. The number of anilines is 2. The van der Waals surface area contributed by atoms with Crippen LogP contribution in [0.1, 0.15) is 18.5 Å². The molecule has 126 valence electrons. The molecule has 3 aromatic heterocycles. The first-order valence-electron chi connectivity index (χ1n) is 7.91. The van der Waals surface area contributed by atoms with Gasteiger partial charge in [0.05, 0.1) is 35.4 Å². The first-order valence-corrected chi connectivity index (χ1v) is 8.71. The second-order valence-corrected chi connectivity index (χ2v) is 6.46. The van der Waals surface area contributed by atoms with Crippen molar-refractivity contribution in [3.8, 4) is 0 Å². The van der Waals surface area contributed by atoms with Crippen molar-refractivity contribution in [1.82, 2.24) is 19.6 Å². The lowest BCUT2D eigenvalue weighted by atomic mass is 10.0. The molecular weight excluding hydrogens is 382 g/mol. The lowest BCUT2D eigenvalue weighted by Gasteiger charge is -2.16. The Balaban J connectivity index is 1.88. The van der Waals surface area contributed by atoms with Crippen molar-refractivity contribution in [3.63, 3.8) is 0 Å². The first-order chi connectivity index (χ1) is 12.3. The molecule has 6 nitrogen and oxygen atoms in total. The smallest absolute Gasteiger partial charge is 0.172 e. The topological polar surface area (TPSA) is 64.3 Å². The van der Waals surface area contributed by atoms with Crippen molar-refractivity contribution >= 4 is 38.7 Å². The lowest BCUT2D eigenvalue weighted by Crippen LogP contribution is -2.05. The number of hydrogen-bond donors (Lipinski definition) is 1. The van der Waals surface area contributed by atoms with E-state index in [1.165, 1.54) is 0 Å². The number of halogens is 1. The van der Waals surface area contributed by atoms with Crippen LogP contribution in [0, 0.1) is 0 Å². The van der Waals surface area contributed by atoms with Gasteiger partial charge in [-0.3, -0.25) is 4.98 Å². The minimum absolute atomic E-state index is 0.741. The van der Waals surface area contributed by atoms with Crippen LogP contribution in [-0.4, -0.2) is 26.7 Å². The maximum Gasteiger partial charge on any atom is 0.172 e. The molecule has 0 saturated heterocycles. The van der Waals surface area contributed by atoms with Crippen LogP contribution < -0.4 is 5.32 Å². The number of methoxy groups -OCH3 is 1. The van der Waals surface area contributed by atoms with Crippen LogP contribution in [-0.2, 0) is 4.74 Å². The molecule has 3 heterocycles. The summed E-state index contributed by atoms with van der Waals surface area (Å²) in [6, 6.07) is 5.82. The molecule has 0 fully saturated rings. The summed E-state index contributed by atoms with van der Waals surface area (Å²) in [5.74, 6) is 1.75. The average molecular weight is 398 g/mol. The van der Waals surface area contributed by atoms with Crippen LogP contribution in [0.15, 0.2) is 59.2 Å². The van der Waals surface area contributed by atoms with E-state index in [-0.39, 0.29) is 0 Å². The maximum absolute atomic E-state index is 5.56. The summed E-state index contributed by atoms with van der Waals surface area (Å²) in [6.45, 7) is 0. The van der Waals surface area contributed by atoms with Gasteiger partial charge in [-0.1, -0.05) is 12.2 Å². The molecule has 25 heavy (non-hydrogen) atoms. The number of hydrogen-bond acceptors (Lipinski definition) is 5. The molecule has 0 radical (unpaired) electrons. The molecule has 0 spiro atoms. The van der Waals surface area contributed by atoms with Crippen molar-refractivity contribution in [2.75, 3.05) is 12.4 Å². The zero-order chi connectivity index (χ0) is 17.2. The van der Waals surface area contributed by atoms with Crippen molar-refractivity contribution in [3.05, 3.63) is 64.9 Å². The van der Waals surface area contributed by atoms with E-state index < -0.39 is 0 Å². The fourth-order valence-corrected chi connectivity index (χ4v) is 3.18. The van der Waals surface area contributed by atoms with Crippen LogP contribution in [0.5, 0.6) is 0 Å². The SMILES string of the molecule is COC1=C(c2cc(Nc3cccnc3)n3ncc(Br)c3n2)C=CCC1. The van der Waals surface area contributed by atoms with E-state index in [9.17, 15) is 0 Å². The molecule has 0 amide bonds. The van der Waals surface area contributed by atoms with Gasteiger partial charge < -0.3 is 10.1 Å². The summed E-state index contributed by atoms with van der Waals surface area (Å²) in [4.78, 5) is 8.91. The van der Waals surface area contributed by atoms with E-state index >= 15 is 0 Å². The van der Waals surface area contributed by atoms with Crippen molar-refractivity contribution in [2.45, 2.75) is 12.8 Å². The van der Waals surface area contributed by atoms with Crippen LogP contribution in [0.3, 0.4) is 0 Å². The van der Waals surface area contributed by atoms with Crippen molar-refractivity contribution in [1.29, 1.82) is 0 Å². The summed E-state index contributed by atoms with van der Waals surface area (Å²) < 4.78 is 8.16. The fourth-order valence-electron chi connectivity index (χ4n) is 2.83.